The first-order valence-electron chi connectivity index (χ1n) is 10.5. The fourth-order valence-electron chi connectivity index (χ4n) is 3.39. The maximum absolute atomic E-state index is 11.8. The van der Waals surface area contributed by atoms with Crippen molar-refractivity contribution in [3.05, 3.63) is 17.5 Å². The second kappa shape index (κ2) is 13.7. The molecule has 2 heterocycles. The minimum Gasteiger partial charge on any atom is -0.450 e. The summed E-state index contributed by atoms with van der Waals surface area (Å²) < 4.78 is 10.5. The number of halogens is 1. The van der Waals surface area contributed by atoms with Gasteiger partial charge in [0, 0.05) is 37.7 Å². The molecule has 0 bridgehead atoms. The predicted octanol–water partition coefficient (Wildman–Crippen LogP) is 3.87. The maximum atomic E-state index is 11.8. The number of likely N-dealkylation sites (tertiary alicyclic amines) is 1. The highest BCUT2D eigenvalue weighted by atomic mass is 127. The minimum atomic E-state index is -0.222. The Morgan fingerprint density at radius 1 is 1.31 bits per heavy atom. The van der Waals surface area contributed by atoms with Crippen LogP contribution in [0.5, 0.6) is 0 Å². The van der Waals surface area contributed by atoms with Gasteiger partial charge >= 0.3 is 6.09 Å². The highest BCUT2D eigenvalue weighted by Crippen LogP contribution is 2.22. The monoisotopic (exact) mass is 521 g/mol. The Balaban J connectivity index is 0.00000420. The predicted molar refractivity (Wildman–Crippen MR) is 125 cm³/mol. The number of aromatic nitrogens is 1. The van der Waals surface area contributed by atoms with Gasteiger partial charge < -0.3 is 24.8 Å². The molecule has 0 aliphatic carbocycles. The number of guanidine groups is 1. The van der Waals surface area contributed by atoms with Crippen LogP contribution < -0.4 is 10.6 Å². The van der Waals surface area contributed by atoms with Gasteiger partial charge in [0.25, 0.3) is 0 Å². The topological polar surface area (TPSA) is 92.0 Å². The van der Waals surface area contributed by atoms with Crippen molar-refractivity contribution in [2.45, 2.75) is 71.9 Å². The lowest BCUT2D eigenvalue weighted by Gasteiger charge is -2.32. The fraction of sp³-hybridized carbons (Fsp3) is 0.750. The summed E-state index contributed by atoms with van der Waals surface area (Å²) in [7, 11) is 0. The number of hydrogen-bond acceptors (Lipinski definition) is 5. The molecule has 1 saturated heterocycles. The highest BCUT2D eigenvalue weighted by molar-refractivity contribution is 14.0. The summed E-state index contributed by atoms with van der Waals surface area (Å²) in [6, 6.07) is 2.29. The summed E-state index contributed by atoms with van der Waals surface area (Å²) in [5.74, 6) is 1.98. The van der Waals surface area contributed by atoms with Crippen molar-refractivity contribution < 1.29 is 14.1 Å². The minimum absolute atomic E-state index is 0. The van der Waals surface area contributed by atoms with Gasteiger partial charge in [0.05, 0.1) is 12.3 Å². The van der Waals surface area contributed by atoms with Crippen LogP contribution in [0.3, 0.4) is 0 Å². The number of piperidine rings is 1. The van der Waals surface area contributed by atoms with Crippen LogP contribution >= 0.6 is 24.0 Å². The van der Waals surface area contributed by atoms with Gasteiger partial charge in [-0.05, 0) is 39.5 Å². The number of carbonyl (C=O) groups is 1. The second-order valence-electron chi connectivity index (χ2n) is 7.03. The fourth-order valence-corrected chi connectivity index (χ4v) is 3.39. The van der Waals surface area contributed by atoms with Crippen molar-refractivity contribution in [3.63, 3.8) is 0 Å². The van der Waals surface area contributed by atoms with Gasteiger partial charge in [0.2, 0.25) is 0 Å². The van der Waals surface area contributed by atoms with E-state index in [0.717, 1.165) is 49.6 Å². The van der Waals surface area contributed by atoms with Gasteiger partial charge in [0.1, 0.15) is 6.54 Å². The molecule has 0 atom stereocenters. The lowest BCUT2D eigenvalue weighted by molar-refractivity contribution is 0.0963. The van der Waals surface area contributed by atoms with Crippen LogP contribution in [0.4, 0.5) is 4.79 Å². The molecule has 1 amide bonds. The maximum Gasteiger partial charge on any atom is 0.409 e. The Bertz CT molecular complexity index is 625. The molecule has 9 heteroatoms. The van der Waals surface area contributed by atoms with Crippen molar-refractivity contribution in [2.24, 2.45) is 4.99 Å². The molecule has 1 aromatic rings. The van der Waals surface area contributed by atoms with Gasteiger partial charge in [-0.3, -0.25) is 0 Å². The van der Waals surface area contributed by atoms with Crippen molar-refractivity contribution in [1.82, 2.24) is 20.7 Å². The number of carbonyl (C=O) groups excluding carboxylic acids is 1. The third-order valence-corrected chi connectivity index (χ3v) is 5.08. The summed E-state index contributed by atoms with van der Waals surface area (Å²) in [6.45, 7) is 11.2. The zero-order valence-corrected chi connectivity index (χ0v) is 20.4. The molecule has 1 aliphatic rings. The van der Waals surface area contributed by atoms with E-state index in [0.29, 0.717) is 32.2 Å². The zero-order chi connectivity index (χ0) is 20.4. The van der Waals surface area contributed by atoms with E-state index in [2.05, 4.69) is 34.6 Å². The van der Waals surface area contributed by atoms with Crippen LogP contribution in [-0.4, -0.2) is 54.4 Å². The number of nitrogens with one attached hydrogen (secondary N) is 2. The van der Waals surface area contributed by atoms with Crippen LogP contribution in [-0.2, 0) is 11.3 Å². The van der Waals surface area contributed by atoms with Crippen LogP contribution in [0.15, 0.2) is 15.6 Å². The first-order chi connectivity index (χ1) is 13.6. The molecular formula is C20H36IN5O3. The molecule has 2 N–H and O–H groups in total. The SMILES string of the molecule is CCNC(=NCc1cc(C(CC)CC)no1)NC1CCN(C(=O)OCC)CC1.I. The van der Waals surface area contributed by atoms with E-state index in [1.807, 2.05) is 19.9 Å². The number of rotatable bonds is 8. The molecule has 2 rings (SSSR count). The first kappa shape index (κ1) is 25.5. The van der Waals surface area contributed by atoms with E-state index in [4.69, 9.17) is 9.26 Å². The lowest BCUT2D eigenvalue weighted by atomic mass is 9.99. The van der Waals surface area contributed by atoms with Crippen LogP contribution in [0.2, 0.25) is 0 Å². The van der Waals surface area contributed by atoms with Gasteiger partial charge in [-0.1, -0.05) is 19.0 Å². The molecule has 0 unspecified atom stereocenters. The van der Waals surface area contributed by atoms with E-state index >= 15 is 0 Å². The molecule has 29 heavy (non-hydrogen) atoms. The molecule has 1 fully saturated rings. The van der Waals surface area contributed by atoms with E-state index in [1.165, 1.54) is 0 Å². The number of nitrogens with zero attached hydrogens (tertiary/aromatic N) is 3. The van der Waals surface area contributed by atoms with Crippen molar-refractivity contribution in [3.8, 4) is 0 Å². The van der Waals surface area contributed by atoms with Crippen LogP contribution in [0.25, 0.3) is 0 Å². The summed E-state index contributed by atoms with van der Waals surface area (Å²) >= 11 is 0. The number of ether oxygens (including phenoxy) is 1. The van der Waals surface area contributed by atoms with Gasteiger partial charge in [-0.25, -0.2) is 9.79 Å². The molecule has 0 radical (unpaired) electrons. The normalized spacial score (nSPS) is 15.2. The Kier molecular flexibility index (Phi) is 12.0. The van der Waals surface area contributed by atoms with Crippen molar-refractivity contribution in [1.29, 1.82) is 0 Å². The molecule has 8 nitrogen and oxygen atoms in total. The lowest BCUT2D eigenvalue weighted by Crippen LogP contribution is -2.49. The van der Waals surface area contributed by atoms with Gasteiger partial charge in [-0.2, -0.15) is 0 Å². The quantitative estimate of drug-likeness (QED) is 0.307. The van der Waals surface area contributed by atoms with Crippen LogP contribution in [0, 0.1) is 0 Å². The smallest absolute Gasteiger partial charge is 0.409 e. The molecule has 1 aromatic heterocycles. The van der Waals surface area contributed by atoms with Crippen molar-refractivity contribution >= 4 is 36.0 Å². The molecule has 0 spiro atoms. The van der Waals surface area contributed by atoms with E-state index in [9.17, 15) is 4.79 Å². The molecule has 0 aromatic carbocycles. The summed E-state index contributed by atoms with van der Waals surface area (Å²) in [5.41, 5.74) is 1.01. The average molecular weight is 521 g/mol. The van der Waals surface area contributed by atoms with E-state index < -0.39 is 0 Å². The van der Waals surface area contributed by atoms with Crippen LogP contribution in [0.1, 0.15) is 70.8 Å². The summed E-state index contributed by atoms with van der Waals surface area (Å²) in [5, 5.41) is 10.9. The Hall–Kier alpha value is -1.52. The average Bonchev–Trinajstić information content (AvgIpc) is 3.17. The Morgan fingerprint density at radius 2 is 2.00 bits per heavy atom. The van der Waals surface area contributed by atoms with E-state index in [1.54, 1.807) is 4.90 Å². The second-order valence-corrected chi connectivity index (χ2v) is 7.03. The number of amides is 1. The molecule has 0 saturated carbocycles. The molecule has 166 valence electrons. The first-order valence-corrected chi connectivity index (χ1v) is 10.5. The van der Waals surface area contributed by atoms with Gasteiger partial charge in [-0.15, -0.1) is 24.0 Å². The third kappa shape index (κ3) is 8.02. The summed E-state index contributed by atoms with van der Waals surface area (Å²) in [4.78, 5) is 18.2. The molecule has 1 aliphatic heterocycles. The Morgan fingerprint density at radius 3 is 2.59 bits per heavy atom. The zero-order valence-electron chi connectivity index (χ0n) is 18.1. The number of aliphatic imine (C=N–C) groups is 1. The Labute approximate surface area is 191 Å². The van der Waals surface area contributed by atoms with Crippen molar-refractivity contribution in [2.75, 3.05) is 26.2 Å². The third-order valence-electron chi connectivity index (χ3n) is 5.08. The molecular weight excluding hydrogens is 485 g/mol. The standard InChI is InChI=1S/C20H35N5O3.HI/c1-5-15(6-2)18-13-17(28-24-18)14-22-19(21-7-3)23-16-9-11-25(12-10-16)20(26)27-8-4;/h13,15-16H,5-12,14H2,1-4H3,(H2,21,22,23);1H. The number of hydrogen-bond donors (Lipinski definition) is 2. The largest absolute Gasteiger partial charge is 0.450 e. The van der Waals surface area contributed by atoms with Gasteiger partial charge in [0.15, 0.2) is 11.7 Å². The highest BCUT2D eigenvalue weighted by Gasteiger charge is 2.24. The summed E-state index contributed by atoms with van der Waals surface area (Å²) in [6.07, 6.45) is 3.62. The van der Waals surface area contributed by atoms with E-state index in [-0.39, 0.29) is 36.1 Å².